The zero-order chi connectivity index (χ0) is 14.2. The zero-order valence-electron chi connectivity index (χ0n) is 12.0. The Labute approximate surface area is 135 Å². The van der Waals surface area contributed by atoms with Crippen molar-refractivity contribution in [3.8, 4) is 0 Å². The van der Waals surface area contributed by atoms with Gasteiger partial charge in [-0.05, 0) is 51.3 Å². The molecule has 0 N–H and O–H groups in total. The van der Waals surface area contributed by atoms with Crippen LogP contribution in [0.2, 0.25) is 0 Å². The Morgan fingerprint density at radius 3 is 2.30 bits per heavy atom. The lowest BCUT2D eigenvalue weighted by Gasteiger charge is -2.29. The molecule has 1 atom stereocenters. The quantitative estimate of drug-likeness (QED) is 0.573. The van der Waals surface area contributed by atoms with Gasteiger partial charge in [-0.15, -0.1) is 0 Å². The predicted octanol–water partition coefficient (Wildman–Crippen LogP) is 6.06. The van der Waals surface area contributed by atoms with Crippen LogP contribution in [-0.4, -0.2) is 0 Å². The first-order chi connectivity index (χ1) is 9.68. The van der Waals surface area contributed by atoms with Crippen molar-refractivity contribution in [2.45, 2.75) is 32.1 Å². The van der Waals surface area contributed by atoms with E-state index in [2.05, 4.69) is 91.0 Å². The van der Waals surface area contributed by atoms with Gasteiger partial charge in [-0.2, -0.15) is 0 Å². The monoisotopic (exact) mass is 374 g/mol. The van der Waals surface area contributed by atoms with Crippen molar-refractivity contribution in [3.63, 3.8) is 0 Å². The number of halogens is 1. The van der Waals surface area contributed by atoms with Crippen molar-refractivity contribution in [1.82, 2.24) is 0 Å². The average molecular weight is 374 g/mol. The molecule has 102 valence electrons. The topological polar surface area (TPSA) is 0 Å². The minimum Gasteiger partial charge on any atom is -0.0653 e. The van der Waals surface area contributed by atoms with E-state index in [1.807, 2.05) is 0 Å². The van der Waals surface area contributed by atoms with Crippen molar-refractivity contribution in [1.29, 1.82) is 0 Å². The summed E-state index contributed by atoms with van der Waals surface area (Å²) in [6.45, 7) is 4.69. The predicted molar refractivity (Wildman–Crippen MR) is 96.0 cm³/mol. The zero-order valence-corrected chi connectivity index (χ0v) is 14.1. The second-order valence-corrected chi connectivity index (χ2v) is 6.76. The Bertz CT molecular complexity index is 654. The van der Waals surface area contributed by atoms with E-state index in [1.165, 1.54) is 38.7 Å². The Morgan fingerprint density at radius 2 is 1.60 bits per heavy atom. The molecule has 1 aliphatic rings. The van der Waals surface area contributed by atoms with Crippen LogP contribution >= 0.6 is 22.6 Å². The maximum absolute atomic E-state index is 2.53. The number of allylic oxidation sites excluding steroid dienone is 1. The van der Waals surface area contributed by atoms with E-state index in [0.29, 0.717) is 0 Å². The van der Waals surface area contributed by atoms with Crippen LogP contribution in [0.5, 0.6) is 0 Å². The molecule has 0 radical (unpaired) electrons. The minimum absolute atomic E-state index is 0.142. The summed E-state index contributed by atoms with van der Waals surface area (Å²) in [5.74, 6) is 0. The van der Waals surface area contributed by atoms with Crippen LogP contribution in [0.3, 0.4) is 0 Å². The second kappa shape index (κ2) is 5.36. The smallest absolute Gasteiger partial charge is 0.0252 e. The second-order valence-electron chi connectivity index (χ2n) is 5.68. The molecular weight excluding hydrogens is 355 g/mol. The van der Waals surface area contributed by atoms with Crippen LogP contribution in [0, 0.1) is 0 Å². The molecule has 1 unspecified atom stereocenters. The van der Waals surface area contributed by atoms with Crippen LogP contribution in [0.15, 0.2) is 54.6 Å². The first-order valence-electron chi connectivity index (χ1n) is 7.24. The fourth-order valence-corrected chi connectivity index (χ4v) is 4.85. The van der Waals surface area contributed by atoms with Gasteiger partial charge in [0.2, 0.25) is 0 Å². The van der Waals surface area contributed by atoms with Crippen molar-refractivity contribution in [2.75, 3.05) is 0 Å². The van der Waals surface area contributed by atoms with E-state index in [0.717, 1.165) is 0 Å². The summed E-state index contributed by atoms with van der Waals surface area (Å²) in [5, 5.41) is 0. The Hall–Kier alpha value is -1.09. The van der Waals surface area contributed by atoms with Gasteiger partial charge >= 0.3 is 0 Å². The molecular formula is C19H19I. The lowest BCUT2D eigenvalue weighted by atomic mass is 9.73. The Kier molecular flexibility index (Phi) is 3.72. The van der Waals surface area contributed by atoms with Crippen LogP contribution < -0.4 is 0 Å². The van der Waals surface area contributed by atoms with Gasteiger partial charge in [-0.25, -0.2) is 0 Å². The largest absolute Gasteiger partial charge is 0.0653 e. The number of benzene rings is 2. The Morgan fingerprint density at radius 1 is 0.950 bits per heavy atom. The van der Waals surface area contributed by atoms with E-state index in [4.69, 9.17) is 0 Å². The van der Waals surface area contributed by atoms with Gasteiger partial charge in [0.25, 0.3) is 0 Å². The van der Waals surface area contributed by atoms with Gasteiger partial charge in [-0.3, -0.25) is 0 Å². The number of hydrogen-bond acceptors (Lipinski definition) is 0. The summed E-state index contributed by atoms with van der Waals surface area (Å²) in [7, 11) is 0. The molecule has 2 aromatic rings. The fraction of sp³-hybridized carbons (Fsp3) is 0.263. The molecule has 0 nitrogen and oxygen atoms in total. The van der Waals surface area contributed by atoms with E-state index in [9.17, 15) is 0 Å². The third kappa shape index (κ3) is 2.03. The van der Waals surface area contributed by atoms with Crippen molar-refractivity contribution >= 4 is 31.7 Å². The molecule has 0 fully saturated rings. The highest BCUT2D eigenvalue weighted by Gasteiger charge is 2.40. The van der Waals surface area contributed by atoms with Gasteiger partial charge in [-0.1, -0.05) is 74.9 Å². The highest BCUT2D eigenvalue weighted by atomic mass is 127. The van der Waals surface area contributed by atoms with Gasteiger partial charge in [0.15, 0.2) is 0 Å². The maximum atomic E-state index is 2.53. The van der Waals surface area contributed by atoms with E-state index in [-0.39, 0.29) is 5.41 Å². The summed E-state index contributed by atoms with van der Waals surface area (Å²) in [6, 6.07) is 19.8. The molecule has 0 spiro atoms. The molecule has 0 aliphatic heterocycles. The Balaban J connectivity index is 2.25. The van der Waals surface area contributed by atoms with Gasteiger partial charge in [0, 0.05) is 8.99 Å². The first kappa shape index (κ1) is 13.9. The number of rotatable bonds is 3. The molecule has 20 heavy (non-hydrogen) atoms. The molecule has 1 heteroatoms. The number of fused-ring (bicyclic) bond motifs is 1. The van der Waals surface area contributed by atoms with Crippen LogP contribution in [0.1, 0.15) is 43.4 Å². The van der Waals surface area contributed by atoms with Crippen LogP contribution in [-0.2, 0) is 5.41 Å². The van der Waals surface area contributed by atoms with Crippen molar-refractivity contribution < 1.29 is 0 Å². The molecule has 0 saturated heterocycles. The number of hydrogen-bond donors (Lipinski definition) is 0. The highest BCUT2D eigenvalue weighted by Crippen LogP contribution is 2.55. The SMILES string of the molecule is CCCC1(C)C(c2ccccc2)=C(I)c2ccccc21. The minimum atomic E-state index is 0.142. The van der Waals surface area contributed by atoms with Crippen molar-refractivity contribution in [2.24, 2.45) is 0 Å². The lowest BCUT2D eigenvalue weighted by molar-refractivity contribution is 0.555. The summed E-state index contributed by atoms with van der Waals surface area (Å²) < 4.78 is 1.42. The summed E-state index contributed by atoms with van der Waals surface area (Å²) >= 11 is 2.53. The third-order valence-corrected chi connectivity index (χ3v) is 5.46. The normalized spacial score (nSPS) is 21.1. The van der Waals surface area contributed by atoms with Crippen LogP contribution in [0.4, 0.5) is 0 Å². The highest BCUT2D eigenvalue weighted by molar-refractivity contribution is 14.1. The molecule has 3 rings (SSSR count). The summed E-state index contributed by atoms with van der Waals surface area (Å²) in [4.78, 5) is 0. The fourth-order valence-electron chi connectivity index (χ4n) is 3.48. The van der Waals surface area contributed by atoms with Gasteiger partial charge < -0.3 is 0 Å². The standard InChI is InChI=1S/C19H19I/c1-3-13-19(2)16-12-8-7-11-15(16)18(20)17(19)14-9-5-4-6-10-14/h4-12H,3,13H2,1-2H3. The molecule has 0 bridgehead atoms. The van der Waals surface area contributed by atoms with E-state index < -0.39 is 0 Å². The van der Waals surface area contributed by atoms with E-state index in [1.54, 1.807) is 0 Å². The third-order valence-electron chi connectivity index (χ3n) is 4.34. The van der Waals surface area contributed by atoms with Crippen LogP contribution in [0.25, 0.3) is 9.15 Å². The van der Waals surface area contributed by atoms with Crippen molar-refractivity contribution in [3.05, 3.63) is 71.3 Å². The molecule has 0 amide bonds. The van der Waals surface area contributed by atoms with Gasteiger partial charge in [0.05, 0.1) is 0 Å². The first-order valence-corrected chi connectivity index (χ1v) is 8.32. The molecule has 0 saturated carbocycles. The molecule has 0 heterocycles. The molecule has 0 aromatic heterocycles. The van der Waals surface area contributed by atoms with E-state index >= 15 is 0 Å². The average Bonchev–Trinajstić information content (AvgIpc) is 2.69. The van der Waals surface area contributed by atoms with Gasteiger partial charge in [0.1, 0.15) is 0 Å². The molecule has 2 aromatic carbocycles. The summed E-state index contributed by atoms with van der Waals surface area (Å²) in [6.07, 6.45) is 2.39. The lowest BCUT2D eigenvalue weighted by Crippen LogP contribution is -2.21. The molecule has 1 aliphatic carbocycles. The summed E-state index contributed by atoms with van der Waals surface area (Å²) in [5.41, 5.74) is 5.92. The maximum Gasteiger partial charge on any atom is 0.0252 e.